The third kappa shape index (κ3) is 3.96. The average Bonchev–Trinajstić information content (AvgIpc) is 2.13. The van der Waals surface area contributed by atoms with Crippen LogP contribution in [0.3, 0.4) is 0 Å². The molecular formula is C11H13BrClNO3S. The summed E-state index contributed by atoms with van der Waals surface area (Å²) in [5.41, 5.74) is -0.0187. The number of rotatable bonds is 2. The summed E-state index contributed by atoms with van der Waals surface area (Å²) in [7, 11) is 1.45. The zero-order valence-corrected chi connectivity index (χ0v) is 13.3. The van der Waals surface area contributed by atoms with E-state index >= 15 is 0 Å². The number of benzene rings is 1. The van der Waals surface area contributed by atoms with Gasteiger partial charge in [0.1, 0.15) is 0 Å². The molecule has 0 aliphatic heterocycles. The third-order valence-electron chi connectivity index (χ3n) is 2.13. The van der Waals surface area contributed by atoms with Crippen LogP contribution < -0.4 is 5.32 Å². The van der Waals surface area contributed by atoms with E-state index in [1.807, 2.05) is 0 Å². The Bertz CT molecular complexity index is 578. The maximum absolute atomic E-state index is 11.8. The monoisotopic (exact) mass is 353 g/mol. The van der Waals surface area contributed by atoms with E-state index in [1.54, 1.807) is 20.8 Å². The summed E-state index contributed by atoms with van der Waals surface area (Å²) in [5, 5.41) is 2.69. The maximum Gasteiger partial charge on any atom is 0.262 e. The molecule has 100 valence electrons. The first kappa shape index (κ1) is 15.5. The number of hydrogen-bond acceptors (Lipinski definition) is 3. The lowest BCUT2D eigenvalue weighted by Crippen LogP contribution is -2.27. The fraction of sp³-hybridized carbons (Fsp3) is 0.364. The third-order valence-corrected chi connectivity index (χ3v) is 4.43. The Morgan fingerprint density at radius 2 is 1.89 bits per heavy atom. The molecule has 7 heteroatoms. The van der Waals surface area contributed by atoms with Gasteiger partial charge in [-0.25, -0.2) is 8.42 Å². The van der Waals surface area contributed by atoms with Crippen LogP contribution in [-0.4, -0.2) is 14.3 Å². The Hall–Kier alpha value is -0.590. The molecule has 1 aromatic rings. The molecule has 0 fully saturated rings. The first-order valence-electron chi connectivity index (χ1n) is 5.07. The lowest BCUT2D eigenvalue weighted by Gasteiger charge is -2.18. The summed E-state index contributed by atoms with van der Waals surface area (Å²) >= 11 is 3.11. The highest BCUT2D eigenvalue weighted by atomic mass is 79.9. The van der Waals surface area contributed by atoms with E-state index in [9.17, 15) is 13.2 Å². The van der Waals surface area contributed by atoms with E-state index < -0.39 is 14.5 Å². The van der Waals surface area contributed by atoms with Gasteiger partial charge in [-0.1, -0.05) is 20.8 Å². The summed E-state index contributed by atoms with van der Waals surface area (Å²) in [6.07, 6.45) is 0. The van der Waals surface area contributed by atoms with Gasteiger partial charge >= 0.3 is 0 Å². The lowest BCUT2D eigenvalue weighted by atomic mass is 9.95. The van der Waals surface area contributed by atoms with Crippen molar-refractivity contribution in [2.24, 2.45) is 5.41 Å². The predicted octanol–water partition coefficient (Wildman–Crippen LogP) is 3.36. The maximum atomic E-state index is 11.8. The summed E-state index contributed by atoms with van der Waals surface area (Å²) in [6, 6.07) is 4.33. The van der Waals surface area contributed by atoms with Gasteiger partial charge in [-0.2, -0.15) is 0 Å². The van der Waals surface area contributed by atoms with Crippen molar-refractivity contribution in [3.05, 3.63) is 22.7 Å². The van der Waals surface area contributed by atoms with Crippen LogP contribution in [0.1, 0.15) is 20.8 Å². The van der Waals surface area contributed by atoms with Crippen LogP contribution >= 0.6 is 26.6 Å². The second-order valence-electron chi connectivity index (χ2n) is 4.79. The van der Waals surface area contributed by atoms with E-state index in [1.165, 1.54) is 18.2 Å². The van der Waals surface area contributed by atoms with Crippen molar-refractivity contribution in [2.45, 2.75) is 25.7 Å². The van der Waals surface area contributed by atoms with Crippen LogP contribution in [0.15, 0.2) is 27.6 Å². The van der Waals surface area contributed by atoms with E-state index in [0.717, 1.165) is 0 Å². The van der Waals surface area contributed by atoms with Gasteiger partial charge < -0.3 is 5.32 Å². The highest BCUT2D eigenvalue weighted by Gasteiger charge is 2.22. The SMILES string of the molecule is CC(C)(C)C(=O)Nc1ccc(S(=O)(=O)Cl)c(Br)c1. The van der Waals surface area contributed by atoms with Gasteiger partial charge in [-0.05, 0) is 34.1 Å². The summed E-state index contributed by atoms with van der Waals surface area (Å²) in [5.74, 6) is -0.157. The molecule has 0 saturated carbocycles. The Morgan fingerprint density at radius 1 is 1.33 bits per heavy atom. The zero-order chi connectivity index (χ0) is 14.1. The van der Waals surface area contributed by atoms with Crippen LogP contribution in [-0.2, 0) is 13.8 Å². The topological polar surface area (TPSA) is 63.2 Å². The first-order chi connectivity index (χ1) is 8.01. The number of carbonyl (C=O) groups excluding carboxylic acids is 1. The Labute approximate surface area is 119 Å². The van der Waals surface area contributed by atoms with Crippen LogP contribution in [0.25, 0.3) is 0 Å². The first-order valence-corrected chi connectivity index (χ1v) is 8.18. The van der Waals surface area contributed by atoms with Crippen LogP contribution in [0, 0.1) is 5.41 Å². The lowest BCUT2D eigenvalue weighted by molar-refractivity contribution is -0.123. The molecule has 0 saturated heterocycles. The van der Waals surface area contributed by atoms with E-state index in [4.69, 9.17) is 10.7 Å². The largest absolute Gasteiger partial charge is 0.326 e. The number of nitrogens with one attached hydrogen (secondary N) is 1. The molecule has 1 aromatic carbocycles. The minimum atomic E-state index is -3.79. The minimum Gasteiger partial charge on any atom is -0.326 e. The van der Waals surface area contributed by atoms with Gasteiger partial charge in [-0.15, -0.1) is 0 Å². The van der Waals surface area contributed by atoms with Crippen molar-refractivity contribution < 1.29 is 13.2 Å². The normalized spacial score (nSPS) is 12.3. The quantitative estimate of drug-likeness (QED) is 0.828. The van der Waals surface area contributed by atoms with Crippen molar-refractivity contribution in [1.82, 2.24) is 0 Å². The standard InChI is InChI=1S/C11H13BrClNO3S/c1-11(2,3)10(15)14-7-4-5-9(8(12)6-7)18(13,16)17/h4-6H,1-3H3,(H,14,15). The Balaban J connectivity index is 3.04. The second kappa shape index (κ2) is 5.19. The molecule has 4 nitrogen and oxygen atoms in total. The van der Waals surface area contributed by atoms with E-state index in [2.05, 4.69) is 21.2 Å². The van der Waals surface area contributed by atoms with Gasteiger partial charge in [-0.3, -0.25) is 4.79 Å². The summed E-state index contributed by atoms with van der Waals surface area (Å²) in [4.78, 5) is 11.7. The molecule has 0 radical (unpaired) electrons. The molecule has 0 aromatic heterocycles. The number of carbonyl (C=O) groups is 1. The molecule has 0 unspecified atom stereocenters. The van der Waals surface area contributed by atoms with Crippen LogP contribution in [0.4, 0.5) is 5.69 Å². The van der Waals surface area contributed by atoms with Crippen molar-refractivity contribution in [3.8, 4) is 0 Å². The Morgan fingerprint density at radius 3 is 2.28 bits per heavy atom. The average molecular weight is 355 g/mol. The molecule has 0 atom stereocenters. The molecule has 0 heterocycles. The number of halogens is 2. The fourth-order valence-electron chi connectivity index (χ4n) is 1.09. The van der Waals surface area contributed by atoms with Crippen molar-refractivity contribution >= 4 is 47.3 Å². The van der Waals surface area contributed by atoms with Crippen LogP contribution in [0.5, 0.6) is 0 Å². The van der Waals surface area contributed by atoms with Crippen LogP contribution in [0.2, 0.25) is 0 Å². The molecule has 1 rings (SSSR count). The van der Waals surface area contributed by atoms with Gasteiger partial charge in [0.25, 0.3) is 9.05 Å². The number of hydrogen-bond donors (Lipinski definition) is 1. The molecule has 0 bridgehead atoms. The van der Waals surface area contributed by atoms with E-state index in [-0.39, 0.29) is 10.8 Å². The molecular weight excluding hydrogens is 342 g/mol. The molecule has 1 N–H and O–H groups in total. The molecule has 0 aliphatic rings. The molecule has 18 heavy (non-hydrogen) atoms. The highest BCUT2D eigenvalue weighted by Crippen LogP contribution is 2.28. The van der Waals surface area contributed by atoms with Crippen molar-refractivity contribution in [3.63, 3.8) is 0 Å². The van der Waals surface area contributed by atoms with Gasteiger partial charge in [0.2, 0.25) is 5.91 Å². The second-order valence-corrected chi connectivity index (χ2v) is 8.18. The zero-order valence-electron chi connectivity index (χ0n) is 10.1. The van der Waals surface area contributed by atoms with Crippen molar-refractivity contribution in [2.75, 3.05) is 5.32 Å². The Kier molecular flexibility index (Phi) is 4.46. The number of amides is 1. The summed E-state index contributed by atoms with van der Waals surface area (Å²) < 4.78 is 22.7. The van der Waals surface area contributed by atoms with E-state index in [0.29, 0.717) is 10.2 Å². The van der Waals surface area contributed by atoms with Gasteiger partial charge in [0.05, 0.1) is 4.90 Å². The molecule has 0 spiro atoms. The van der Waals surface area contributed by atoms with Gasteiger partial charge in [0, 0.05) is 26.3 Å². The predicted molar refractivity (Wildman–Crippen MR) is 75.3 cm³/mol. The van der Waals surface area contributed by atoms with Gasteiger partial charge in [0.15, 0.2) is 0 Å². The fourth-order valence-corrected chi connectivity index (χ4v) is 3.32. The van der Waals surface area contributed by atoms with Crippen molar-refractivity contribution in [1.29, 1.82) is 0 Å². The summed E-state index contributed by atoms with van der Waals surface area (Å²) in [6.45, 7) is 5.36. The minimum absolute atomic E-state index is 0.0297. The molecule has 0 aliphatic carbocycles. The highest BCUT2D eigenvalue weighted by molar-refractivity contribution is 9.10. The molecule has 1 amide bonds. The number of anilines is 1. The smallest absolute Gasteiger partial charge is 0.262 e.